The first-order valence-electron chi connectivity index (χ1n) is 10.5. The van der Waals surface area contributed by atoms with Crippen molar-refractivity contribution in [2.75, 3.05) is 6.54 Å². The van der Waals surface area contributed by atoms with Crippen molar-refractivity contribution in [2.24, 2.45) is 34.3 Å². The van der Waals surface area contributed by atoms with Gasteiger partial charge in [0.05, 0.1) is 12.2 Å². The normalized spacial score (nSPS) is 42.6. The standard InChI is InChI=1S/C20H35NO2.C2H4O2.H3N/c1-13-4-5-16-15(8-11-21)17(7-10-19(13,16)2)20(3)9-6-14(22)12-18(20)23;1-2(3)4;/h14-18,22-23H,1,4-12,21H2,2-3H3;1H3,(H,3,4);1H3/t14-,15+,16?,17?,18-,19-,20+;;/m0../s1. The van der Waals surface area contributed by atoms with Gasteiger partial charge >= 0.3 is 0 Å². The van der Waals surface area contributed by atoms with E-state index >= 15 is 0 Å². The number of aliphatic hydroxyl groups excluding tert-OH is 2. The molecule has 3 fully saturated rings. The number of carbonyl (C=O) groups is 1. The molecule has 0 aromatic carbocycles. The van der Waals surface area contributed by atoms with Crippen molar-refractivity contribution in [3.05, 3.63) is 12.2 Å². The van der Waals surface area contributed by atoms with Gasteiger partial charge in [0.25, 0.3) is 0 Å². The van der Waals surface area contributed by atoms with Crippen molar-refractivity contribution in [3.63, 3.8) is 0 Å². The van der Waals surface area contributed by atoms with Crippen LogP contribution in [0.5, 0.6) is 0 Å². The summed E-state index contributed by atoms with van der Waals surface area (Å²) in [6.45, 7) is 10.8. The SMILES string of the molecule is C=C1CCC2[C@@H](CCN)C([C@@]3(C)CC[C@H](O)C[C@@H]3O)CC[C@@]12C.CC(=O)[O-].[NH4+]. The first kappa shape index (κ1) is 25.1. The van der Waals surface area contributed by atoms with Crippen LogP contribution in [-0.2, 0) is 4.79 Å². The quantitative estimate of drug-likeness (QED) is 0.540. The van der Waals surface area contributed by atoms with Gasteiger partial charge in [0.1, 0.15) is 0 Å². The fourth-order valence-corrected chi connectivity index (χ4v) is 6.33. The number of carboxylic acid groups (broad SMARTS) is 1. The van der Waals surface area contributed by atoms with E-state index < -0.39 is 5.97 Å². The predicted molar refractivity (Wildman–Crippen MR) is 110 cm³/mol. The number of aliphatic hydroxyl groups is 2. The second kappa shape index (κ2) is 9.70. The van der Waals surface area contributed by atoms with Gasteiger partial charge < -0.3 is 32.0 Å². The number of hydrogen-bond acceptors (Lipinski definition) is 5. The Morgan fingerprint density at radius 1 is 1.21 bits per heavy atom. The molecule has 0 heterocycles. The topological polar surface area (TPSA) is 143 Å². The molecular weight excluding hydrogens is 356 g/mol. The maximum Gasteiger partial charge on any atom is 0.0621 e. The molecule has 0 aromatic rings. The number of carbonyl (C=O) groups excluding carboxylic acids is 1. The van der Waals surface area contributed by atoms with Gasteiger partial charge in [0.15, 0.2) is 0 Å². The smallest absolute Gasteiger partial charge is 0.0621 e. The fourth-order valence-electron chi connectivity index (χ4n) is 6.33. The van der Waals surface area contributed by atoms with Gasteiger partial charge in [0.2, 0.25) is 0 Å². The Morgan fingerprint density at radius 2 is 1.82 bits per heavy atom. The van der Waals surface area contributed by atoms with Crippen LogP contribution >= 0.6 is 0 Å². The first-order chi connectivity index (χ1) is 12.6. The molecule has 164 valence electrons. The zero-order valence-electron chi connectivity index (χ0n) is 18.2. The summed E-state index contributed by atoms with van der Waals surface area (Å²) < 4.78 is 0. The van der Waals surface area contributed by atoms with Gasteiger partial charge in [-0.25, -0.2) is 0 Å². The number of allylic oxidation sites excluding steroid dienone is 1. The Kier molecular flexibility index (Phi) is 8.69. The molecule has 0 bridgehead atoms. The number of aliphatic carboxylic acids is 1. The van der Waals surface area contributed by atoms with Crippen LogP contribution in [0, 0.1) is 28.6 Å². The summed E-state index contributed by atoms with van der Waals surface area (Å²) in [6, 6.07) is 0. The molecule has 7 atom stereocenters. The Balaban J connectivity index is 0.000000717. The molecule has 0 spiro atoms. The van der Waals surface area contributed by atoms with Gasteiger partial charge in [-0.3, -0.25) is 0 Å². The van der Waals surface area contributed by atoms with Gasteiger partial charge in [0, 0.05) is 5.97 Å². The fraction of sp³-hybridized carbons (Fsp3) is 0.864. The highest BCUT2D eigenvalue weighted by molar-refractivity contribution is 5.60. The minimum atomic E-state index is -1.08. The van der Waals surface area contributed by atoms with E-state index in [0.717, 1.165) is 39.2 Å². The molecule has 0 aromatic heterocycles. The third-order valence-corrected chi connectivity index (χ3v) is 8.01. The maximum absolute atomic E-state index is 10.8. The highest BCUT2D eigenvalue weighted by atomic mass is 16.4. The van der Waals surface area contributed by atoms with Crippen LogP contribution in [0.2, 0.25) is 0 Å². The summed E-state index contributed by atoms with van der Waals surface area (Å²) in [5.74, 6) is 0.707. The molecular formula is C22H42N2O4. The maximum atomic E-state index is 10.8. The molecule has 0 amide bonds. The van der Waals surface area contributed by atoms with E-state index in [1.165, 1.54) is 24.8 Å². The third-order valence-electron chi connectivity index (χ3n) is 8.01. The summed E-state index contributed by atoms with van der Waals surface area (Å²) in [4.78, 5) is 8.89. The van der Waals surface area contributed by atoms with Crippen molar-refractivity contribution in [1.82, 2.24) is 6.15 Å². The lowest BCUT2D eigenvalue weighted by Gasteiger charge is -2.55. The Hall–Kier alpha value is -0.950. The van der Waals surface area contributed by atoms with E-state index in [-0.39, 0.29) is 29.2 Å². The number of rotatable bonds is 3. The van der Waals surface area contributed by atoms with Crippen molar-refractivity contribution in [3.8, 4) is 0 Å². The van der Waals surface area contributed by atoms with Crippen molar-refractivity contribution in [2.45, 2.75) is 84.3 Å². The van der Waals surface area contributed by atoms with E-state index in [9.17, 15) is 10.2 Å². The number of quaternary nitrogens is 1. The molecule has 3 saturated carbocycles. The summed E-state index contributed by atoms with van der Waals surface area (Å²) in [6.07, 6.45) is 7.42. The number of hydrogen-bond donors (Lipinski definition) is 4. The van der Waals surface area contributed by atoms with Crippen molar-refractivity contribution >= 4 is 5.97 Å². The average Bonchev–Trinajstić information content (AvgIpc) is 2.87. The van der Waals surface area contributed by atoms with Crippen LogP contribution in [-0.4, -0.2) is 34.9 Å². The van der Waals surface area contributed by atoms with Crippen LogP contribution in [0.15, 0.2) is 12.2 Å². The van der Waals surface area contributed by atoms with E-state index in [1.807, 2.05) is 0 Å². The summed E-state index contributed by atoms with van der Waals surface area (Å²) >= 11 is 0. The van der Waals surface area contributed by atoms with E-state index in [1.54, 1.807) is 0 Å². The second-order valence-corrected chi connectivity index (χ2v) is 9.49. The lowest BCUT2D eigenvalue weighted by molar-refractivity contribution is -0.302. The van der Waals surface area contributed by atoms with Gasteiger partial charge in [-0.05, 0) is 93.4 Å². The molecule has 3 aliphatic rings. The monoisotopic (exact) mass is 398 g/mol. The van der Waals surface area contributed by atoms with E-state index in [2.05, 4.69) is 20.4 Å². The molecule has 6 nitrogen and oxygen atoms in total. The molecule has 8 N–H and O–H groups in total. The number of nitrogens with two attached hydrogens (primary N) is 1. The van der Waals surface area contributed by atoms with Crippen molar-refractivity contribution in [1.29, 1.82) is 0 Å². The van der Waals surface area contributed by atoms with Gasteiger partial charge in [-0.2, -0.15) is 0 Å². The first-order valence-corrected chi connectivity index (χ1v) is 10.5. The molecule has 0 saturated heterocycles. The molecule has 28 heavy (non-hydrogen) atoms. The highest BCUT2D eigenvalue weighted by Crippen LogP contribution is 2.63. The van der Waals surface area contributed by atoms with Gasteiger partial charge in [-0.15, -0.1) is 0 Å². The largest absolute Gasteiger partial charge is 0.550 e. The van der Waals surface area contributed by atoms with Crippen LogP contribution in [0.25, 0.3) is 0 Å². The Bertz CT molecular complexity index is 551. The van der Waals surface area contributed by atoms with Crippen molar-refractivity contribution < 1.29 is 20.1 Å². The lowest BCUT2D eigenvalue weighted by atomic mass is 9.50. The second-order valence-electron chi connectivity index (χ2n) is 9.49. The molecule has 2 unspecified atom stereocenters. The summed E-state index contributed by atoms with van der Waals surface area (Å²) in [7, 11) is 0. The number of fused-ring (bicyclic) bond motifs is 1. The Morgan fingerprint density at radius 3 is 2.36 bits per heavy atom. The minimum Gasteiger partial charge on any atom is -0.550 e. The summed E-state index contributed by atoms with van der Waals surface area (Å²) in [5, 5.41) is 29.6. The third kappa shape index (κ3) is 4.78. The lowest BCUT2D eigenvalue weighted by Crippen LogP contribution is -2.52. The van der Waals surface area contributed by atoms with E-state index in [4.69, 9.17) is 15.6 Å². The zero-order chi connectivity index (χ0) is 20.4. The summed E-state index contributed by atoms with van der Waals surface area (Å²) in [5.41, 5.74) is 7.64. The molecule has 0 radical (unpaired) electrons. The van der Waals surface area contributed by atoms with Crippen LogP contribution in [0.3, 0.4) is 0 Å². The minimum absolute atomic E-state index is 0. The molecule has 3 aliphatic carbocycles. The van der Waals surface area contributed by atoms with Crippen LogP contribution in [0.1, 0.15) is 72.1 Å². The Labute approximate surface area is 170 Å². The zero-order valence-corrected chi connectivity index (χ0v) is 18.2. The average molecular weight is 399 g/mol. The van der Waals surface area contributed by atoms with E-state index in [0.29, 0.717) is 24.2 Å². The molecule has 3 rings (SSSR count). The van der Waals surface area contributed by atoms with Gasteiger partial charge in [-0.1, -0.05) is 26.0 Å². The van der Waals surface area contributed by atoms with Crippen LogP contribution in [0.4, 0.5) is 0 Å². The molecule has 0 aliphatic heterocycles. The predicted octanol–water partition coefficient (Wildman–Crippen LogP) is 2.38. The number of carboxylic acids is 1. The van der Waals surface area contributed by atoms with Crippen LogP contribution < -0.4 is 17.0 Å². The highest BCUT2D eigenvalue weighted by Gasteiger charge is 2.56. The molecule has 6 heteroatoms.